The van der Waals surface area contributed by atoms with E-state index in [4.69, 9.17) is 16.3 Å². The lowest BCUT2D eigenvalue weighted by Gasteiger charge is -2.32. The van der Waals surface area contributed by atoms with E-state index in [-0.39, 0.29) is 43.7 Å². The number of nitrogens with zero attached hydrogens (tertiary/aromatic N) is 2. The maximum atomic E-state index is 14.0. The van der Waals surface area contributed by atoms with Gasteiger partial charge in [-0.05, 0) is 60.2 Å². The minimum Gasteiger partial charge on any atom is -0.497 e. The van der Waals surface area contributed by atoms with Crippen molar-refractivity contribution in [1.29, 1.82) is 0 Å². The molecule has 0 aromatic heterocycles. The molecule has 10 heteroatoms. The number of halogens is 1. The van der Waals surface area contributed by atoms with E-state index in [9.17, 15) is 18.0 Å². The van der Waals surface area contributed by atoms with Crippen LogP contribution in [-0.4, -0.2) is 57.6 Å². The van der Waals surface area contributed by atoms with Gasteiger partial charge in [-0.15, -0.1) is 0 Å². The Morgan fingerprint density at radius 3 is 2.33 bits per heavy atom. The van der Waals surface area contributed by atoms with Gasteiger partial charge in [0.25, 0.3) is 0 Å². The normalized spacial score (nSPS) is 12.1. The van der Waals surface area contributed by atoms with Crippen LogP contribution < -0.4 is 14.4 Å². The van der Waals surface area contributed by atoms with E-state index in [0.717, 1.165) is 22.9 Å². The molecular weight excluding hydrogens is 586 g/mol. The van der Waals surface area contributed by atoms with Crippen molar-refractivity contribution in [1.82, 2.24) is 10.2 Å². The topological polar surface area (TPSA) is 96.0 Å². The molecule has 1 unspecified atom stereocenters. The molecule has 3 aromatic rings. The van der Waals surface area contributed by atoms with Crippen LogP contribution in [0.3, 0.4) is 0 Å². The zero-order valence-corrected chi connectivity index (χ0v) is 27.1. The van der Waals surface area contributed by atoms with E-state index >= 15 is 0 Å². The molecule has 0 aliphatic carbocycles. The third-order valence-corrected chi connectivity index (χ3v) is 8.45. The number of sulfonamides is 1. The maximum Gasteiger partial charge on any atom is 0.243 e. The number of anilines is 1. The average Bonchev–Trinajstić information content (AvgIpc) is 2.97. The average molecular weight is 628 g/mol. The Bertz CT molecular complexity index is 1480. The van der Waals surface area contributed by atoms with E-state index < -0.39 is 16.1 Å². The Morgan fingerprint density at radius 2 is 1.67 bits per heavy atom. The van der Waals surface area contributed by atoms with Gasteiger partial charge in [0, 0.05) is 37.5 Å². The summed E-state index contributed by atoms with van der Waals surface area (Å²) in [5.41, 5.74) is 2.97. The number of amides is 2. The first-order valence-corrected chi connectivity index (χ1v) is 16.6. The van der Waals surface area contributed by atoms with Gasteiger partial charge in [0.05, 0.1) is 19.1 Å². The summed E-state index contributed by atoms with van der Waals surface area (Å²) in [7, 11) is -2.07. The van der Waals surface area contributed by atoms with Crippen LogP contribution in [0.15, 0.2) is 72.8 Å². The van der Waals surface area contributed by atoms with Crippen molar-refractivity contribution in [2.75, 3.05) is 30.8 Å². The number of methoxy groups -OCH3 is 1. The number of hydrogen-bond acceptors (Lipinski definition) is 5. The highest BCUT2D eigenvalue weighted by Gasteiger charge is 2.31. The van der Waals surface area contributed by atoms with Gasteiger partial charge >= 0.3 is 0 Å². The lowest BCUT2D eigenvalue weighted by molar-refractivity contribution is -0.141. The van der Waals surface area contributed by atoms with Crippen molar-refractivity contribution < 1.29 is 22.7 Å². The highest BCUT2D eigenvalue weighted by atomic mass is 35.5. The lowest BCUT2D eigenvalue weighted by atomic mass is 10.0. The molecule has 2 amide bonds. The van der Waals surface area contributed by atoms with E-state index in [1.54, 1.807) is 30.2 Å². The zero-order chi connectivity index (χ0) is 31.6. The van der Waals surface area contributed by atoms with E-state index in [0.29, 0.717) is 29.4 Å². The van der Waals surface area contributed by atoms with Crippen LogP contribution in [0, 0.1) is 12.8 Å². The number of hydrogen-bond donors (Lipinski definition) is 1. The third-order valence-electron chi connectivity index (χ3n) is 7.03. The molecule has 0 aliphatic heterocycles. The molecule has 0 bridgehead atoms. The SMILES string of the molecule is COc1cccc(CN(C(=O)CCCN(c2cc(Cl)ccc2C)S(C)(=O)=O)C(Cc2ccccc2)C(=O)NCC(C)C)c1. The number of carbonyl (C=O) groups excluding carboxylic acids is 2. The predicted molar refractivity (Wildman–Crippen MR) is 173 cm³/mol. The molecule has 1 atom stereocenters. The van der Waals surface area contributed by atoms with Crippen molar-refractivity contribution in [3.05, 3.63) is 94.5 Å². The summed E-state index contributed by atoms with van der Waals surface area (Å²) in [6.45, 7) is 6.59. The van der Waals surface area contributed by atoms with Gasteiger partial charge in [0.2, 0.25) is 21.8 Å². The number of benzene rings is 3. The predicted octanol–water partition coefficient (Wildman–Crippen LogP) is 5.62. The Balaban J connectivity index is 1.92. The second-order valence-electron chi connectivity index (χ2n) is 11.1. The molecular formula is C33H42ClN3O5S. The van der Waals surface area contributed by atoms with Crippen molar-refractivity contribution in [3.8, 4) is 5.75 Å². The van der Waals surface area contributed by atoms with E-state index in [2.05, 4.69) is 5.32 Å². The molecule has 0 radical (unpaired) electrons. The minimum absolute atomic E-state index is 0.0400. The molecule has 0 heterocycles. The van der Waals surface area contributed by atoms with E-state index in [1.807, 2.05) is 75.4 Å². The Kier molecular flexibility index (Phi) is 12.5. The third kappa shape index (κ3) is 10.3. The minimum atomic E-state index is -3.65. The smallest absolute Gasteiger partial charge is 0.243 e. The van der Waals surface area contributed by atoms with Crippen molar-refractivity contribution in [2.45, 2.75) is 52.6 Å². The van der Waals surface area contributed by atoms with Crippen LogP contribution in [-0.2, 0) is 32.6 Å². The van der Waals surface area contributed by atoms with Gasteiger partial charge in [0.1, 0.15) is 11.8 Å². The summed E-state index contributed by atoms with van der Waals surface area (Å²) in [5.74, 6) is 0.399. The molecule has 232 valence electrons. The van der Waals surface area contributed by atoms with Crippen LogP contribution in [0.4, 0.5) is 5.69 Å². The van der Waals surface area contributed by atoms with Crippen molar-refractivity contribution in [3.63, 3.8) is 0 Å². The molecule has 0 saturated carbocycles. The first kappa shape index (κ1) is 33.9. The Morgan fingerprint density at radius 1 is 0.977 bits per heavy atom. The van der Waals surface area contributed by atoms with E-state index in [1.165, 1.54) is 4.31 Å². The van der Waals surface area contributed by atoms with Crippen LogP contribution in [0.5, 0.6) is 5.75 Å². The molecule has 1 N–H and O–H groups in total. The number of rotatable bonds is 15. The maximum absolute atomic E-state index is 14.0. The largest absolute Gasteiger partial charge is 0.497 e. The number of ether oxygens (including phenoxy) is 1. The summed E-state index contributed by atoms with van der Waals surface area (Å²) < 4.78 is 32.2. The van der Waals surface area contributed by atoms with Gasteiger partial charge in [0.15, 0.2) is 0 Å². The highest BCUT2D eigenvalue weighted by Crippen LogP contribution is 2.27. The molecule has 43 heavy (non-hydrogen) atoms. The highest BCUT2D eigenvalue weighted by molar-refractivity contribution is 7.92. The summed E-state index contributed by atoms with van der Waals surface area (Å²) in [5, 5.41) is 3.44. The number of nitrogens with one attached hydrogen (secondary N) is 1. The summed E-state index contributed by atoms with van der Waals surface area (Å²) >= 11 is 6.18. The molecule has 3 rings (SSSR count). The fourth-order valence-corrected chi connectivity index (χ4v) is 5.96. The van der Waals surface area contributed by atoms with Gasteiger partial charge in [-0.25, -0.2) is 8.42 Å². The molecule has 0 fully saturated rings. The van der Waals surface area contributed by atoms with Gasteiger partial charge in [-0.2, -0.15) is 0 Å². The standard InChI is InChI=1S/C33H42ClN3O5S/c1-24(2)22-35-33(39)31(20-26-11-7-6-8-12-26)36(23-27-13-9-14-29(19-27)42-4)32(38)15-10-18-37(43(5,40)41)30-21-28(34)17-16-25(30)3/h6-9,11-14,16-17,19,21,24,31H,10,15,18,20,22-23H2,1-5H3,(H,35,39). The summed E-state index contributed by atoms with van der Waals surface area (Å²) in [4.78, 5) is 29.2. The molecule has 0 saturated heterocycles. The second kappa shape index (κ2) is 15.8. The van der Waals surface area contributed by atoms with Crippen LogP contribution >= 0.6 is 11.6 Å². The van der Waals surface area contributed by atoms with Crippen molar-refractivity contribution in [2.24, 2.45) is 5.92 Å². The van der Waals surface area contributed by atoms with Gasteiger partial charge < -0.3 is 15.0 Å². The summed E-state index contributed by atoms with van der Waals surface area (Å²) in [6, 6.07) is 21.3. The first-order valence-electron chi connectivity index (χ1n) is 14.4. The van der Waals surface area contributed by atoms with Crippen molar-refractivity contribution >= 4 is 39.1 Å². The second-order valence-corrected chi connectivity index (χ2v) is 13.4. The van der Waals surface area contributed by atoms with Gasteiger partial charge in [-0.1, -0.05) is 74.0 Å². The molecule has 0 spiro atoms. The zero-order valence-electron chi connectivity index (χ0n) is 25.5. The Labute approximate surface area is 261 Å². The fraction of sp³-hybridized carbons (Fsp3) is 0.394. The number of carbonyl (C=O) groups is 2. The van der Waals surface area contributed by atoms with Crippen LogP contribution in [0.2, 0.25) is 5.02 Å². The van der Waals surface area contributed by atoms with Gasteiger partial charge in [-0.3, -0.25) is 13.9 Å². The lowest BCUT2D eigenvalue weighted by Crippen LogP contribution is -2.51. The first-order chi connectivity index (χ1) is 20.4. The Hall–Kier alpha value is -3.56. The summed E-state index contributed by atoms with van der Waals surface area (Å²) in [6.07, 6.45) is 1.76. The molecule has 0 aliphatic rings. The fourth-order valence-electron chi connectivity index (χ4n) is 4.78. The molecule has 3 aromatic carbocycles. The monoisotopic (exact) mass is 627 g/mol. The van der Waals surface area contributed by atoms with Crippen LogP contribution in [0.25, 0.3) is 0 Å². The number of aryl methyl sites for hydroxylation is 1. The van der Waals surface area contributed by atoms with Crippen LogP contribution in [0.1, 0.15) is 43.4 Å². The quantitative estimate of drug-likeness (QED) is 0.236. The molecule has 8 nitrogen and oxygen atoms in total.